The van der Waals surface area contributed by atoms with Gasteiger partial charge in [0.15, 0.2) is 0 Å². The number of aryl methyl sites for hydroxylation is 1. The van der Waals surface area contributed by atoms with Gasteiger partial charge < -0.3 is 14.4 Å². The van der Waals surface area contributed by atoms with Crippen LogP contribution in [-0.2, 0) is 13.5 Å². The van der Waals surface area contributed by atoms with Crippen LogP contribution in [0.2, 0.25) is 0 Å². The van der Waals surface area contributed by atoms with E-state index in [4.69, 9.17) is 0 Å². The highest BCUT2D eigenvalue weighted by Crippen LogP contribution is 2.23. The van der Waals surface area contributed by atoms with Gasteiger partial charge in [0, 0.05) is 38.4 Å². The number of amides is 1. The second-order valence-electron chi connectivity index (χ2n) is 7.72. The molecule has 0 N–H and O–H groups in total. The molecule has 1 aliphatic heterocycles. The number of hydrogen-bond donors (Lipinski definition) is 0. The number of nitrogens with zero attached hydrogens (tertiary/aromatic N) is 3. The summed E-state index contributed by atoms with van der Waals surface area (Å²) in [7, 11) is 3.60. The zero-order valence-electron chi connectivity index (χ0n) is 15.8. The largest absolute Gasteiger partial charge is 0.341 e. The molecule has 0 saturated carbocycles. The van der Waals surface area contributed by atoms with E-state index < -0.39 is 0 Å². The van der Waals surface area contributed by atoms with Crippen LogP contribution in [0.3, 0.4) is 0 Å². The van der Waals surface area contributed by atoms with Crippen molar-refractivity contribution < 1.29 is 4.79 Å². The van der Waals surface area contributed by atoms with Crippen LogP contribution in [-0.4, -0.2) is 53.0 Å². The van der Waals surface area contributed by atoms with Crippen molar-refractivity contribution in [2.75, 3.05) is 26.7 Å². The first-order chi connectivity index (χ1) is 11.9. The Hall–Kier alpha value is -1.88. The van der Waals surface area contributed by atoms with Crippen LogP contribution in [0.4, 0.5) is 0 Å². The summed E-state index contributed by atoms with van der Waals surface area (Å²) in [5, 5.41) is 0. The van der Waals surface area contributed by atoms with E-state index in [0.29, 0.717) is 23.9 Å². The van der Waals surface area contributed by atoms with Gasteiger partial charge in [0.1, 0.15) is 0 Å². The van der Waals surface area contributed by atoms with E-state index in [1.54, 1.807) is 13.2 Å². The molecule has 0 spiro atoms. The maximum absolute atomic E-state index is 13.0. The minimum Gasteiger partial charge on any atom is -0.341 e. The summed E-state index contributed by atoms with van der Waals surface area (Å²) in [4.78, 5) is 29.5. The van der Waals surface area contributed by atoms with Gasteiger partial charge in [-0.3, -0.25) is 9.59 Å². The molecule has 25 heavy (non-hydrogen) atoms. The Bertz CT molecular complexity index is 740. The molecule has 1 saturated heterocycles. The quantitative estimate of drug-likeness (QED) is 0.841. The van der Waals surface area contributed by atoms with Crippen LogP contribution in [0.15, 0.2) is 17.1 Å². The molecule has 5 heteroatoms. The third-order valence-corrected chi connectivity index (χ3v) is 5.61. The number of hydrogen-bond acceptors (Lipinski definition) is 3. The second kappa shape index (κ2) is 7.16. The van der Waals surface area contributed by atoms with Crippen molar-refractivity contribution >= 4 is 12.0 Å². The van der Waals surface area contributed by atoms with E-state index in [1.165, 1.54) is 4.57 Å². The van der Waals surface area contributed by atoms with Gasteiger partial charge in [-0.05, 0) is 57.7 Å². The summed E-state index contributed by atoms with van der Waals surface area (Å²) in [5.74, 6) is 0.574. The van der Waals surface area contributed by atoms with E-state index in [2.05, 4.69) is 18.7 Å². The number of likely N-dealkylation sites (tertiary alicyclic amines) is 1. The number of carbonyl (C=O) groups excluding carboxylic acids is 1. The molecule has 1 aliphatic carbocycles. The maximum atomic E-state index is 13.0. The summed E-state index contributed by atoms with van der Waals surface area (Å²) < 4.78 is 1.54. The van der Waals surface area contributed by atoms with Crippen LogP contribution in [0.25, 0.3) is 6.08 Å². The van der Waals surface area contributed by atoms with Gasteiger partial charge in [-0.25, -0.2) is 0 Å². The number of fused-ring (bicyclic) bond motifs is 1. The summed E-state index contributed by atoms with van der Waals surface area (Å²) in [6.07, 6.45) is 8.48. The Labute approximate surface area is 149 Å². The first-order valence-electron chi connectivity index (χ1n) is 9.27. The average Bonchev–Trinajstić information content (AvgIpc) is 3.08. The molecule has 0 atom stereocenters. The van der Waals surface area contributed by atoms with Crippen molar-refractivity contribution in [2.45, 2.75) is 39.2 Å². The fourth-order valence-corrected chi connectivity index (χ4v) is 3.99. The van der Waals surface area contributed by atoms with Crippen LogP contribution in [0.5, 0.6) is 0 Å². The predicted octanol–water partition coefficient (Wildman–Crippen LogP) is 2.15. The number of allylic oxidation sites excluding steroid dienone is 1. The second-order valence-corrected chi connectivity index (χ2v) is 7.72. The molecule has 0 unspecified atom stereocenters. The molecule has 0 radical (unpaired) electrons. The SMILES string of the molecule is CC(C)N1CCC(CN(C)C(=O)c2cn(C)c(=O)c3c2C=CC3)CC1. The number of piperidine rings is 1. The van der Waals surface area contributed by atoms with E-state index in [0.717, 1.165) is 43.6 Å². The Morgan fingerprint density at radius 1 is 1.32 bits per heavy atom. The minimum absolute atomic E-state index is 0.000241. The highest BCUT2D eigenvalue weighted by molar-refractivity contribution is 5.98. The standard InChI is InChI=1S/C20H29N3O2/c1-14(2)23-10-8-15(9-11-23)12-21(3)20(25)18-13-22(4)19(24)17-7-5-6-16(17)18/h5-6,13-15H,7-12H2,1-4H3. The van der Waals surface area contributed by atoms with Gasteiger partial charge in [-0.1, -0.05) is 12.2 Å². The maximum Gasteiger partial charge on any atom is 0.255 e. The van der Waals surface area contributed by atoms with Crippen LogP contribution in [0, 0.1) is 5.92 Å². The van der Waals surface area contributed by atoms with Crippen LogP contribution >= 0.6 is 0 Å². The molecule has 136 valence electrons. The molecule has 1 aromatic heterocycles. The molecule has 5 nitrogen and oxygen atoms in total. The average molecular weight is 343 g/mol. The predicted molar refractivity (Wildman–Crippen MR) is 101 cm³/mol. The monoisotopic (exact) mass is 343 g/mol. The van der Waals surface area contributed by atoms with Gasteiger partial charge >= 0.3 is 0 Å². The zero-order valence-corrected chi connectivity index (χ0v) is 15.8. The molecule has 2 aliphatic rings. The van der Waals surface area contributed by atoms with E-state index in [1.807, 2.05) is 24.1 Å². The third kappa shape index (κ3) is 3.56. The van der Waals surface area contributed by atoms with Gasteiger partial charge in [0.2, 0.25) is 0 Å². The Morgan fingerprint density at radius 3 is 2.64 bits per heavy atom. The van der Waals surface area contributed by atoms with Crippen molar-refractivity contribution in [1.29, 1.82) is 0 Å². The summed E-state index contributed by atoms with van der Waals surface area (Å²) in [5.41, 5.74) is 2.20. The fraction of sp³-hybridized carbons (Fsp3) is 0.600. The van der Waals surface area contributed by atoms with Crippen LogP contribution < -0.4 is 5.56 Å². The minimum atomic E-state index is 0.000241. The Kier molecular flexibility index (Phi) is 5.13. The van der Waals surface area contributed by atoms with E-state index in [9.17, 15) is 9.59 Å². The van der Waals surface area contributed by atoms with Crippen molar-refractivity contribution in [3.05, 3.63) is 39.3 Å². The van der Waals surface area contributed by atoms with E-state index >= 15 is 0 Å². The molecule has 1 aromatic rings. The highest BCUT2D eigenvalue weighted by atomic mass is 16.2. The molecule has 1 amide bonds. The Balaban J connectivity index is 1.70. The normalized spacial score (nSPS) is 18.0. The number of pyridine rings is 1. The van der Waals surface area contributed by atoms with Gasteiger partial charge in [0.05, 0.1) is 5.56 Å². The first-order valence-corrected chi connectivity index (χ1v) is 9.27. The van der Waals surface area contributed by atoms with Crippen molar-refractivity contribution in [3.63, 3.8) is 0 Å². The first kappa shape index (κ1) is 17.9. The lowest BCUT2D eigenvalue weighted by molar-refractivity contribution is 0.0725. The lowest BCUT2D eigenvalue weighted by Gasteiger charge is -2.36. The summed E-state index contributed by atoms with van der Waals surface area (Å²) in [6.45, 7) is 7.49. The smallest absolute Gasteiger partial charge is 0.255 e. The number of carbonyl (C=O) groups is 1. The zero-order chi connectivity index (χ0) is 18.1. The molecule has 2 heterocycles. The molecule has 1 fully saturated rings. The third-order valence-electron chi connectivity index (χ3n) is 5.61. The molecular weight excluding hydrogens is 314 g/mol. The van der Waals surface area contributed by atoms with Gasteiger partial charge in [-0.2, -0.15) is 0 Å². The summed E-state index contributed by atoms with van der Waals surface area (Å²) >= 11 is 0. The van der Waals surface area contributed by atoms with Gasteiger partial charge in [0.25, 0.3) is 11.5 Å². The molecule has 3 rings (SSSR count). The lowest BCUT2D eigenvalue weighted by Crippen LogP contribution is -2.42. The Morgan fingerprint density at radius 2 is 2.00 bits per heavy atom. The van der Waals surface area contributed by atoms with Crippen molar-refractivity contribution in [2.24, 2.45) is 13.0 Å². The van der Waals surface area contributed by atoms with Crippen molar-refractivity contribution in [1.82, 2.24) is 14.4 Å². The van der Waals surface area contributed by atoms with Gasteiger partial charge in [-0.15, -0.1) is 0 Å². The topological polar surface area (TPSA) is 45.5 Å². The highest BCUT2D eigenvalue weighted by Gasteiger charge is 2.26. The lowest BCUT2D eigenvalue weighted by atomic mass is 9.95. The molecule has 0 bridgehead atoms. The van der Waals surface area contributed by atoms with E-state index in [-0.39, 0.29) is 11.5 Å². The number of rotatable bonds is 4. The summed E-state index contributed by atoms with van der Waals surface area (Å²) in [6, 6.07) is 0.597. The van der Waals surface area contributed by atoms with Crippen LogP contribution in [0.1, 0.15) is 48.2 Å². The van der Waals surface area contributed by atoms with Crippen molar-refractivity contribution in [3.8, 4) is 0 Å². The molecule has 0 aromatic carbocycles. The fourth-order valence-electron chi connectivity index (χ4n) is 3.99. The number of aromatic nitrogens is 1. The molecular formula is C20H29N3O2.